The van der Waals surface area contributed by atoms with Gasteiger partial charge in [-0.3, -0.25) is 9.59 Å². The fourth-order valence-electron chi connectivity index (χ4n) is 2.14. The number of amides is 2. The number of benzene rings is 1. The molecule has 0 bridgehead atoms. The van der Waals surface area contributed by atoms with Gasteiger partial charge < -0.3 is 20.5 Å². The molecule has 0 saturated carbocycles. The summed E-state index contributed by atoms with van der Waals surface area (Å²) in [4.78, 5) is 23.9. The number of nitrogens with zero attached hydrogens (tertiary/aromatic N) is 1. The van der Waals surface area contributed by atoms with Crippen LogP contribution in [0.4, 0.5) is 17.2 Å². The number of carbonyl (C=O) groups is 2. The highest BCUT2D eigenvalue weighted by Crippen LogP contribution is 2.26. The van der Waals surface area contributed by atoms with Crippen molar-refractivity contribution in [3.05, 3.63) is 36.1 Å². The molecule has 7 heteroatoms. The Labute approximate surface area is 120 Å². The monoisotopic (exact) mass is 286 g/mol. The van der Waals surface area contributed by atoms with Gasteiger partial charge in [0.05, 0.1) is 17.8 Å². The first kappa shape index (κ1) is 13.2. The number of hydrogen-bond donors (Lipinski definition) is 3. The molecule has 108 valence electrons. The minimum Gasteiger partial charge on any atom is -0.372 e. The predicted octanol–water partition coefficient (Wildman–Crippen LogP) is 1.74. The summed E-state index contributed by atoms with van der Waals surface area (Å²) in [6.07, 6.45) is 0.00603. The molecule has 0 fully saturated rings. The van der Waals surface area contributed by atoms with E-state index in [1.165, 1.54) is 0 Å². The molecule has 3 rings (SSSR count). The number of aromatic nitrogens is 1. The van der Waals surface area contributed by atoms with Gasteiger partial charge in [0.25, 0.3) is 0 Å². The Bertz CT molecular complexity index is 695. The van der Waals surface area contributed by atoms with Gasteiger partial charge >= 0.3 is 0 Å². The van der Waals surface area contributed by atoms with Crippen LogP contribution in [0.3, 0.4) is 0 Å². The zero-order valence-corrected chi connectivity index (χ0v) is 11.3. The fourth-order valence-corrected chi connectivity index (χ4v) is 2.14. The highest BCUT2D eigenvalue weighted by Gasteiger charge is 2.27. The number of fused-ring (bicyclic) bond motifs is 1. The lowest BCUT2D eigenvalue weighted by Crippen LogP contribution is -2.41. The molecular formula is C14H14N4O3. The number of hydrogen-bond acceptors (Lipinski definition) is 5. The second kappa shape index (κ2) is 5.28. The van der Waals surface area contributed by atoms with E-state index in [1.807, 2.05) is 18.2 Å². The molecule has 2 aromatic rings. The van der Waals surface area contributed by atoms with Gasteiger partial charge in [0.1, 0.15) is 11.8 Å². The highest BCUT2D eigenvalue weighted by molar-refractivity contribution is 6.05. The Morgan fingerprint density at radius 1 is 1.38 bits per heavy atom. The van der Waals surface area contributed by atoms with Crippen LogP contribution >= 0.6 is 0 Å². The number of para-hydroxylation sites is 2. The average Bonchev–Trinajstić information content (AvgIpc) is 2.85. The summed E-state index contributed by atoms with van der Waals surface area (Å²) in [5.74, 6) is 0.400. The number of anilines is 3. The minimum atomic E-state index is -0.618. The van der Waals surface area contributed by atoms with Crippen LogP contribution < -0.4 is 16.0 Å². The third-order valence-electron chi connectivity index (χ3n) is 3.12. The summed E-state index contributed by atoms with van der Waals surface area (Å²) < 4.78 is 4.86. The summed E-state index contributed by atoms with van der Waals surface area (Å²) in [5, 5.41) is 12.1. The van der Waals surface area contributed by atoms with E-state index >= 15 is 0 Å². The first-order chi connectivity index (χ1) is 10.1. The van der Waals surface area contributed by atoms with E-state index in [9.17, 15) is 9.59 Å². The van der Waals surface area contributed by atoms with Crippen molar-refractivity contribution in [2.24, 2.45) is 0 Å². The fraction of sp³-hybridized carbons (Fsp3) is 0.214. The Morgan fingerprint density at radius 2 is 2.14 bits per heavy atom. The zero-order valence-electron chi connectivity index (χ0n) is 11.3. The van der Waals surface area contributed by atoms with Crippen LogP contribution in [0.1, 0.15) is 12.2 Å². The van der Waals surface area contributed by atoms with Gasteiger partial charge in [0, 0.05) is 6.07 Å². The van der Waals surface area contributed by atoms with Crippen molar-refractivity contribution in [3.63, 3.8) is 0 Å². The molecule has 2 amide bonds. The first-order valence-corrected chi connectivity index (χ1v) is 6.51. The van der Waals surface area contributed by atoms with Crippen molar-refractivity contribution in [3.8, 4) is 0 Å². The molecular weight excluding hydrogens is 272 g/mol. The molecule has 0 unspecified atom stereocenters. The molecule has 21 heavy (non-hydrogen) atoms. The van der Waals surface area contributed by atoms with Crippen molar-refractivity contribution in [1.82, 2.24) is 5.16 Å². The number of nitrogens with one attached hydrogen (secondary N) is 3. The summed E-state index contributed by atoms with van der Waals surface area (Å²) >= 11 is 0. The third-order valence-corrected chi connectivity index (χ3v) is 3.12. The topological polar surface area (TPSA) is 96.3 Å². The van der Waals surface area contributed by atoms with Crippen molar-refractivity contribution >= 4 is 29.0 Å². The maximum atomic E-state index is 12.0. The second-order valence-electron chi connectivity index (χ2n) is 4.81. The summed E-state index contributed by atoms with van der Waals surface area (Å²) in [7, 11) is 0. The van der Waals surface area contributed by atoms with E-state index in [0.717, 1.165) is 5.69 Å². The van der Waals surface area contributed by atoms with Gasteiger partial charge in [-0.2, -0.15) is 0 Å². The Kier molecular flexibility index (Phi) is 3.31. The van der Waals surface area contributed by atoms with Crippen molar-refractivity contribution < 1.29 is 14.1 Å². The number of carbonyl (C=O) groups excluding carboxylic acids is 2. The molecule has 1 atom stereocenters. The van der Waals surface area contributed by atoms with Crippen LogP contribution in [0.2, 0.25) is 0 Å². The van der Waals surface area contributed by atoms with E-state index in [-0.39, 0.29) is 18.2 Å². The SMILES string of the molecule is Cc1cc(NC(=O)C[C@H]2Nc3ccccc3NC2=O)no1. The largest absolute Gasteiger partial charge is 0.372 e. The van der Waals surface area contributed by atoms with Crippen LogP contribution in [-0.2, 0) is 9.59 Å². The van der Waals surface area contributed by atoms with E-state index in [4.69, 9.17) is 4.52 Å². The lowest BCUT2D eigenvalue weighted by molar-refractivity contribution is -0.122. The van der Waals surface area contributed by atoms with Crippen molar-refractivity contribution in [2.45, 2.75) is 19.4 Å². The smallest absolute Gasteiger partial charge is 0.247 e. The first-order valence-electron chi connectivity index (χ1n) is 6.51. The molecule has 1 aliphatic heterocycles. The summed E-state index contributed by atoms with van der Waals surface area (Å²) in [6.45, 7) is 1.73. The molecule has 3 N–H and O–H groups in total. The summed E-state index contributed by atoms with van der Waals surface area (Å²) in [6, 6.07) is 8.34. The maximum Gasteiger partial charge on any atom is 0.247 e. The maximum absolute atomic E-state index is 12.0. The molecule has 1 aromatic heterocycles. The van der Waals surface area contributed by atoms with Gasteiger partial charge in [-0.25, -0.2) is 0 Å². The third kappa shape index (κ3) is 2.86. The lowest BCUT2D eigenvalue weighted by Gasteiger charge is -2.26. The summed E-state index contributed by atoms with van der Waals surface area (Å²) in [5.41, 5.74) is 1.51. The quantitative estimate of drug-likeness (QED) is 0.798. The van der Waals surface area contributed by atoms with E-state index in [0.29, 0.717) is 17.3 Å². The van der Waals surface area contributed by atoms with E-state index < -0.39 is 6.04 Å². The van der Waals surface area contributed by atoms with Gasteiger partial charge in [-0.05, 0) is 19.1 Å². The molecule has 0 radical (unpaired) electrons. The van der Waals surface area contributed by atoms with E-state index in [2.05, 4.69) is 21.1 Å². The van der Waals surface area contributed by atoms with Crippen molar-refractivity contribution in [1.29, 1.82) is 0 Å². The molecule has 1 aromatic carbocycles. The van der Waals surface area contributed by atoms with Crippen LogP contribution in [-0.4, -0.2) is 23.0 Å². The van der Waals surface area contributed by atoms with Gasteiger partial charge in [0.15, 0.2) is 5.82 Å². The normalized spacial score (nSPS) is 16.6. The Hall–Kier alpha value is -2.83. The molecule has 0 aliphatic carbocycles. The predicted molar refractivity (Wildman–Crippen MR) is 77.0 cm³/mol. The van der Waals surface area contributed by atoms with Crippen LogP contribution in [0.25, 0.3) is 0 Å². The molecule has 7 nitrogen and oxygen atoms in total. The van der Waals surface area contributed by atoms with Gasteiger partial charge in [-0.15, -0.1) is 0 Å². The number of rotatable bonds is 3. The Balaban J connectivity index is 1.65. The highest BCUT2D eigenvalue weighted by atomic mass is 16.5. The van der Waals surface area contributed by atoms with E-state index in [1.54, 1.807) is 19.1 Å². The zero-order chi connectivity index (χ0) is 14.8. The van der Waals surface area contributed by atoms with Gasteiger partial charge in [0.2, 0.25) is 11.8 Å². The van der Waals surface area contributed by atoms with Gasteiger partial charge in [-0.1, -0.05) is 17.3 Å². The van der Waals surface area contributed by atoms with Crippen molar-refractivity contribution in [2.75, 3.05) is 16.0 Å². The number of aryl methyl sites for hydroxylation is 1. The Morgan fingerprint density at radius 3 is 2.86 bits per heavy atom. The molecule has 0 saturated heterocycles. The standard InChI is InChI=1S/C14H14N4O3/c1-8-6-12(18-21-8)17-13(19)7-11-14(20)16-10-5-3-2-4-9(10)15-11/h2-6,11,15H,7H2,1H3,(H,16,20)(H,17,18,19)/t11-/m1/s1. The minimum absolute atomic E-state index is 0.00603. The van der Waals surface area contributed by atoms with Crippen LogP contribution in [0.5, 0.6) is 0 Å². The molecule has 1 aliphatic rings. The molecule has 2 heterocycles. The second-order valence-corrected chi connectivity index (χ2v) is 4.81. The lowest BCUT2D eigenvalue weighted by atomic mass is 10.1. The van der Waals surface area contributed by atoms with Crippen LogP contribution in [0.15, 0.2) is 34.9 Å². The van der Waals surface area contributed by atoms with Crippen LogP contribution in [0, 0.1) is 6.92 Å². The molecule has 0 spiro atoms. The average molecular weight is 286 g/mol.